The maximum atomic E-state index is 12.1. The third kappa shape index (κ3) is 2.13. The van der Waals surface area contributed by atoms with Crippen molar-refractivity contribution in [2.45, 2.75) is 31.7 Å². The highest BCUT2D eigenvalue weighted by atomic mass is 16.5. The topological polar surface area (TPSA) is 53.3 Å². The van der Waals surface area contributed by atoms with E-state index in [4.69, 9.17) is 10.00 Å². The Morgan fingerprint density at radius 3 is 2.73 bits per heavy atom. The number of nitriles is 1. The van der Waals surface area contributed by atoms with E-state index in [2.05, 4.69) is 6.07 Å². The molecule has 82 valence electrons. The fourth-order valence-electron chi connectivity index (χ4n) is 2.34. The molecule has 1 unspecified atom stereocenters. The molecule has 4 nitrogen and oxygen atoms in total. The van der Waals surface area contributed by atoms with Crippen LogP contribution in [0.5, 0.6) is 0 Å². The second-order valence-corrected chi connectivity index (χ2v) is 4.21. The van der Waals surface area contributed by atoms with Crippen molar-refractivity contribution >= 4 is 5.91 Å². The van der Waals surface area contributed by atoms with Gasteiger partial charge in [0.05, 0.1) is 6.07 Å². The lowest BCUT2D eigenvalue weighted by atomic mass is 9.98. The number of carbonyl (C=O) groups is 1. The van der Waals surface area contributed by atoms with Gasteiger partial charge < -0.3 is 9.64 Å². The van der Waals surface area contributed by atoms with Crippen molar-refractivity contribution in [2.24, 2.45) is 5.92 Å². The minimum absolute atomic E-state index is 0.0905. The van der Waals surface area contributed by atoms with Gasteiger partial charge in [0.2, 0.25) is 5.91 Å². The molecule has 2 fully saturated rings. The molecule has 0 aromatic carbocycles. The first-order valence-corrected chi connectivity index (χ1v) is 5.61. The van der Waals surface area contributed by atoms with Crippen molar-refractivity contribution in [3.05, 3.63) is 0 Å². The summed E-state index contributed by atoms with van der Waals surface area (Å²) in [6.07, 6.45) is 3.43. The van der Waals surface area contributed by atoms with Gasteiger partial charge in [-0.05, 0) is 25.7 Å². The maximum Gasteiger partial charge on any atom is 0.226 e. The van der Waals surface area contributed by atoms with Crippen LogP contribution in [-0.4, -0.2) is 36.6 Å². The van der Waals surface area contributed by atoms with Crippen LogP contribution in [0.15, 0.2) is 0 Å². The van der Waals surface area contributed by atoms with Gasteiger partial charge >= 0.3 is 0 Å². The highest BCUT2D eigenvalue weighted by Crippen LogP contribution is 2.23. The molecule has 2 aliphatic rings. The van der Waals surface area contributed by atoms with Gasteiger partial charge in [-0.1, -0.05) is 0 Å². The quantitative estimate of drug-likeness (QED) is 0.644. The number of rotatable bonds is 1. The maximum absolute atomic E-state index is 12.1. The summed E-state index contributed by atoms with van der Waals surface area (Å²) in [6.45, 7) is 2.12. The van der Waals surface area contributed by atoms with E-state index in [0.717, 1.165) is 32.2 Å². The molecule has 2 aliphatic heterocycles. The predicted octanol–water partition coefficient (Wildman–Crippen LogP) is 0.928. The normalized spacial score (nSPS) is 27.7. The third-order valence-electron chi connectivity index (χ3n) is 3.26. The van der Waals surface area contributed by atoms with E-state index >= 15 is 0 Å². The van der Waals surface area contributed by atoms with E-state index in [9.17, 15) is 4.79 Å². The van der Waals surface area contributed by atoms with Crippen LogP contribution in [0.3, 0.4) is 0 Å². The predicted molar refractivity (Wildman–Crippen MR) is 53.9 cm³/mol. The fourth-order valence-corrected chi connectivity index (χ4v) is 2.34. The van der Waals surface area contributed by atoms with Crippen LogP contribution in [0.2, 0.25) is 0 Å². The van der Waals surface area contributed by atoms with Crippen LogP contribution in [0, 0.1) is 17.2 Å². The minimum Gasteiger partial charge on any atom is -0.381 e. The van der Waals surface area contributed by atoms with Gasteiger partial charge in [-0.2, -0.15) is 5.26 Å². The molecule has 0 radical (unpaired) electrons. The van der Waals surface area contributed by atoms with E-state index in [1.165, 1.54) is 0 Å². The van der Waals surface area contributed by atoms with Crippen molar-refractivity contribution < 1.29 is 9.53 Å². The van der Waals surface area contributed by atoms with Crippen molar-refractivity contribution in [3.8, 4) is 6.07 Å². The Bertz CT molecular complexity index is 279. The lowest BCUT2D eigenvalue weighted by Crippen LogP contribution is -2.40. The fraction of sp³-hybridized carbons (Fsp3) is 0.818. The Hall–Kier alpha value is -1.08. The smallest absolute Gasteiger partial charge is 0.226 e. The molecule has 2 heterocycles. The number of ether oxygens (including phenoxy) is 1. The monoisotopic (exact) mass is 208 g/mol. The largest absolute Gasteiger partial charge is 0.381 e. The van der Waals surface area contributed by atoms with Crippen LogP contribution in [0.1, 0.15) is 25.7 Å². The van der Waals surface area contributed by atoms with Crippen molar-refractivity contribution in [1.82, 2.24) is 4.90 Å². The third-order valence-corrected chi connectivity index (χ3v) is 3.26. The van der Waals surface area contributed by atoms with Crippen molar-refractivity contribution in [1.29, 1.82) is 5.26 Å². The molecule has 4 heteroatoms. The average molecular weight is 208 g/mol. The van der Waals surface area contributed by atoms with E-state index < -0.39 is 0 Å². The molecular formula is C11H16N2O2. The molecule has 2 saturated heterocycles. The highest BCUT2D eigenvalue weighted by molar-refractivity contribution is 5.79. The molecule has 0 spiro atoms. The summed E-state index contributed by atoms with van der Waals surface area (Å²) in [5.41, 5.74) is 0. The van der Waals surface area contributed by atoms with E-state index in [1.807, 2.05) is 0 Å². The first-order chi connectivity index (χ1) is 7.33. The van der Waals surface area contributed by atoms with Crippen LogP contribution < -0.4 is 0 Å². The zero-order chi connectivity index (χ0) is 10.7. The molecule has 0 saturated carbocycles. The first-order valence-electron chi connectivity index (χ1n) is 5.61. The number of nitrogens with zero attached hydrogens (tertiary/aromatic N) is 2. The number of likely N-dealkylation sites (tertiary alicyclic amines) is 1. The van der Waals surface area contributed by atoms with Gasteiger partial charge in [-0.25, -0.2) is 0 Å². The lowest BCUT2D eigenvalue weighted by molar-refractivity contribution is -0.138. The number of hydrogen-bond acceptors (Lipinski definition) is 3. The van der Waals surface area contributed by atoms with Gasteiger partial charge in [0.25, 0.3) is 0 Å². The summed E-state index contributed by atoms with van der Waals surface area (Å²) >= 11 is 0. The molecule has 0 N–H and O–H groups in total. The standard InChI is InChI=1S/C11H16N2O2/c12-8-10-2-1-5-13(10)11(14)9-3-6-15-7-4-9/h9-10H,1-7H2. The second kappa shape index (κ2) is 4.63. The van der Waals surface area contributed by atoms with Gasteiger partial charge in [-0.15, -0.1) is 0 Å². The zero-order valence-corrected chi connectivity index (χ0v) is 8.82. The van der Waals surface area contributed by atoms with Crippen molar-refractivity contribution in [2.75, 3.05) is 19.8 Å². The molecule has 0 bridgehead atoms. The summed E-state index contributed by atoms with van der Waals surface area (Å²) in [7, 11) is 0. The van der Waals surface area contributed by atoms with Crippen LogP contribution in [0.25, 0.3) is 0 Å². The van der Waals surface area contributed by atoms with E-state index in [-0.39, 0.29) is 17.9 Å². The Labute approximate surface area is 89.8 Å². The number of amides is 1. The summed E-state index contributed by atoms with van der Waals surface area (Å²) in [6, 6.07) is 2.03. The number of hydrogen-bond donors (Lipinski definition) is 0. The van der Waals surface area contributed by atoms with Gasteiger partial charge in [0, 0.05) is 25.7 Å². The van der Waals surface area contributed by atoms with Gasteiger partial charge in [0.15, 0.2) is 0 Å². The van der Waals surface area contributed by atoms with Gasteiger partial charge in [0.1, 0.15) is 6.04 Å². The minimum atomic E-state index is -0.180. The molecule has 0 aliphatic carbocycles. The van der Waals surface area contributed by atoms with Crippen LogP contribution >= 0.6 is 0 Å². The summed E-state index contributed by atoms with van der Waals surface area (Å²) in [5.74, 6) is 0.259. The molecule has 1 atom stereocenters. The van der Waals surface area contributed by atoms with Crippen LogP contribution in [-0.2, 0) is 9.53 Å². The van der Waals surface area contributed by atoms with Gasteiger partial charge in [-0.3, -0.25) is 4.79 Å². The highest BCUT2D eigenvalue weighted by Gasteiger charge is 2.33. The lowest BCUT2D eigenvalue weighted by Gasteiger charge is -2.27. The first kappa shape index (κ1) is 10.4. The van der Waals surface area contributed by atoms with Crippen molar-refractivity contribution in [3.63, 3.8) is 0 Å². The van der Waals surface area contributed by atoms with E-state index in [1.54, 1.807) is 4.90 Å². The Morgan fingerprint density at radius 2 is 2.07 bits per heavy atom. The Morgan fingerprint density at radius 1 is 1.33 bits per heavy atom. The number of carbonyl (C=O) groups excluding carboxylic acids is 1. The molecular weight excluding hydrogens is 192 g/mol. The molecule has 15 heavy (non-hydrogen) atoms. The molecule has 2 rings (SSSR count). The SMILES string of the molecule is N#CC1CCCN1C(=O)C1CCOCC1. The Balaban J connectivity index is 1.97. The molecule has 0 aromatic rings. The molecule has 0 aromatic heterocycles. The van der Waals surface area contributed by atoms with Crippen LogP contribution in [0.4, 0.5) is 0 Å². The summed E-state index contributed by atoms with van der Waals surface area (Å²) < 4.78 is 5.23. The van der Waals surface area contributed by atoms with E-state index in [0.29, 0.717) is 13.2 Å². The Kier molecular flexibility index (Phi) is 3.22. The summed E-state index contributed by atoms with van der Waals surface area (Å²) in [5, 5.41) is 8.92. The second-order valence-electron chi connectivity index (χ2n) is 4.21. The summed E-state index contributed by atoms with van der Waals surface area (Å²) in [4.78, 5) is 13.8. The molecule has 1 amide bonds. The zero-order valence-electron chi connectivity index (χ0n) is 8.82. The average Bonchev–Trinajstić information content (AvgIpc) is 2.77.